The van der Waals surface area contributed by atoms with E-state index in [1.165, 1.54) is 7.11 Å². The number of aromatic nitrogens is 1. The number of carbonyl (C=O) groups is 1. The molecule has 6 heteroatoms. The van der Waals surface area contributed by atoms with Crippen LogP contribution in [0.3, 0.4) is 0 Å². The molecule has 0 aromatic carbocycles. The average molecular weight is 357 g/mol. The van der Waals surface area contributed by atoms with Crippen molar-refractivity contribution in [2.75, 3.05) is 26.8 Å². The second kappa shape index (κ2) is 7.87. The van der Waals surface area contributed by atoms with Gasteiger partial charge in [0.2, 0.25) is 0 Å². The van der Waals surface area contributed by atoms with E-state index < -0.39 is 5.60 Å². The molecular formula is C15H21BrN2O3. The van der Waals surface area contributed by atoms with Crippen molar-refractivity contribution in [1.82, 2.24) is 10.3 Å². The highest BCUT2D eigenvalue weighted by Gasteiger charge is 2.34. The van der Waals surface area contributed by atoms with Crippen molar-refractivity contribution < 1.29 is 14.3 Å². The van der Waals surface area contributed by atoms with Crippen molar-refractivity contribution in [1.29, 1.82) is 0 Å². The second-order valence-corrected chi connectivity index (χ2v) is 6.00. The Morgan fingerprint density at radius 3 is 2.67 bits per heavy atom. The molecule has 1 aliphatic rings. The minimum atomic E-state index is -0.454. The number of methoxy groups -OCH3 is 1. The fourth-order valence-electron chi connectivity index (χ4n) is 2.67. The van der Waals surface area contributed by atoms with Crippen molar-refractivity contribution in [2.24, 2.45) is 0 Å². The van der Waals surface area contributed by atoms with Crippen molar-refractivity contribution in [3.63, 3.8) is 0 Å². The van der Waals surface area contributed by atoms with Crippen LogP contribution in [0.25, 0.3) is 0 Å². The van der Waals surface area contributed by atoms with Gasteiger partial charge in [0.1, 0.15) is 11.2 Å². The van der Waals surface area contributed by atoms with Gasteiger partial charge in [-0.15, -0.1) is 0 Å². The highest BCUT2D eigenvalue weighted by Crippen LogP contribution is 2.36. The second-order valence-electron chi connectivity index (χ2n) is 5.19. The molecule has 0 radical (unpaired) electrons. The highest BCUT2D eigenvalue weighted by atomic mass is 79.9. The van der Waals surface area contributed by atoms with Crippen molar-refractivity contribution in [2.45, 2.75) is 31.3 Å². The molecule has 0 unspecified atom stereocenters. The average Bonchev–Trinajstić information content (AvgIpc) is 2.47. The molecule has 2 rings (SSSR count). The van der Waals surface area contributed by atoms with Gasteiger partial charge in [0, 0.05) is 11.8 Å². The lowest BCUT2D eigenvalue weighted by molar-refractivity contribution is -0.156. The Morgan fingerprint density at radius 2 is 2.10 bits per heavy atom. The summed E-state index contributed by atoms with van der Waals surface area (Å²) in [6.07, 6.45) is 5.55. The summed E-state index contributed by atoms with van der Waals surface area (Å²) in [6.45, 7) is 1.90. The number of hydrogen-bond acceptors (Lipinski definition) is 5. The Hall–Kier alpha value is -0.980. The highest BCUT2D eigenvalue weighted by molar-refractivity contribution is 9.10. The van der Waals surface area contributed by atoms with Crippen molar-refractivity contribution >= 4 is 21.9 Å². The summed E-state index contributed by atoms with van der Waals surface area (Å²) >= 11 is 3.35. The summed E-state index contributed by atoms with van der Waals surface area (Å²) in [5, 5.41) is 3.39. The van der Waals surface area contributed by atoms with Crippen LogP contribution in [0.1, 0.15) is 31.2 Å². The third-order valence-corrected chi connectivity index (χ3v) is 4.28. The van der Waals surface area contributed by atoms with Crippen LogP contribution in [0.2, 0.25) is 0 Å². The normalized spacial score (nSPS) is 18.6. The van der Waals surface area contributed by atoms with Crippen molar-refractivity contribution in [3.05, 3.63) is 28.5 Å². The van der Waals surface area contributed by atoms with E-state index in [0.29, 0.717) is 0 Å². The van der Waals surface area contributed by atoms with Gasteiger partial charge in [0.15, 0.2) is 0 Å². The van der Waals surface area contributed by atoms with Crippen LogP contribution in [0.5, 0.6) is 0 Å². The molecule has 0 bridgehead atoms. The van der Waals surface area contributed by atoms with E-state index >= 15 is 0 Å². The largest absolute Gasteiger partial charge is 0.467 e. The molecule has 0 atom stereocenters. The lowest BCUT2D eigenvalue weighted by atomic mass is 9.84. The number of carbonyl (C=O) groups excluding carboxylic acids is 1. The van der Waals surface area contributed by atoms with E-state index in [1.807, 2.05) is 18.3 Å². The summed E-state index contributed by atoms with van der Waals surface area (Å²) in [7, 11) is 1.38. The number of esters is 1. The molecule has 1 aromatic rings. The molecule has 1 N–H and O–H groups in total. The predicted molar refractivity (Wildman–Crippen MR) is 82.9 cm³/mol. The summed E-state index contributed by atoms with van der Waals surface area (Å²) in [5.41, 5.74) is 0.570. The van der Waals surface area contributed by atoms with Crippen LogP contribution in [-0.4, -0.2) is 37.8 Å². The van der Waals surface area contributed by atoms with Gasteiger partial charge in [-0.2, -0.15) is 0 Å². The van der Waals surface area contributed by atoms with Crippen LogP contribution in [0.15, 0.2) is 22.9 Å². The van der Waals surface area contributed by atoms with E-state index in [9.17, 15) is 4.79 Å². The SMILES string of the molecule is COC(=O)COC1(c2ccc(Br)nc2)CCCNCCC1. The van der Waals surface area contributed by atoms with Crippen molar-refractivity contribution in [3.8, 4) is 0 Å². The van der Waals surface area contributed by atoms with E-state index in [2.05, 4.69) is 26.2 Å². The quantitative estimate of drug-likeness (QED) is 0.662. The zero-order valence-corrected chi connectivity index (χ0v) is 13.8. The number of hydrogen-bond donors (Lipinski definition) is 1. The number of nitrogens with one attached hydrogen (secondary N) is 1. The summed E-state index contributed by atoms with van der Waals surface area (Å²) in [4.78, 5) is 15.8. The molecule has 5 nitrogen and oxygen atoms in total. The first-order chi connectivity index (χ1) is 10.2. The first-order valence-corrected chi connectivity index (χ1v) is 7.99. The third kappa shape index (κ3) is 4.49. The Balaban J connectivity index is 2.22. The van der Waals surface area contributed by atoms with Crippen LogP contribution >= 0.6 is 15.9 Å². The fraction of sp³-hybridized carbons (Fsp3) is 0.600. The maximum absolute atomic E-state index is 11.5. The van der Waals surface area contributed by atoms with E-state index in [1.54, 1.807) is 0 Å². The van der Waals surface area contributed by atoms with Gasteiger partial charge in [0.25, 0.3) is 0 Å². The smallest absolute Gasteiger partial charge is 0.331 e. The van der Waals surface area contributed by atoms with Crippen LogP contribution in [0.4, 0.5) is 0 Å². The third-order valence-electron chi connectivity index (χ3n) is 3.82. The maximum atomic E-state index is 11.5. The molecule has 0 spiro atoms. The molecular weight excluding hydrogens is 336 g/mol. The Labute approximate surface area is 133 Å². The monoisotopic (exact) mass is 356 g/mol. The summed E-state index contributed by atoms with van der Waals surface area (Å²) < 4.78 is 11.5. The number of pyridine rings is 1. The number of ether oxygens (including phenoxy) is 2. The minimum Gasteiger partial charge on any atom is -0.467 e. The van der Waals surface area contributed by atoms with E-state index in [0.717, 1.165) is 48.9 Å². The van der Waals surface area contributed by atoms with Gasteiger partial charge in [0.05, 0.1) is 12.7 Å². The Kier molecular flexibility index (Phi) is 6.14. The lowest BCUT2D eigenvalue weighted by Crippen LogP contribution is -2.36. The maximum Gasteiger partial charge on any atom is 0.331 e. The molecule has 0 amide bonds. The molecule has 1 aromatic heterocycles. The first kappa shape index (κ1) is 16.4. The zero-order chi connectivity index (χ0) is 15.1. The Morgan fingerprint density at radius 1 is 1.38 bits per heavy atom. The van der Waals surface area contributed by atoms with E-state index in [4.69, 9.17) is 9.47 Å². The topological polar surface area (TPSA) is 60.5 Å². The number of halogens is 1. The molecule has 21 heavy (non-hydrogen) atoms. The van der Waals surface area contributed by atoms with Gasteiger partial charge in [-0.3, -0.25) is 0 Å². The molecule has 1 fully saturated rings. The van der Waals surface area contributed by atoms with E-state index in [-0.39, 0.29) is 12.6 Å². The molecule has 116 valence electrons. The molecule has 0 saturated carbocycles. The number of nitrogens with zero attached hydrogens (tertiary/aromatic N) is 1. The summed E-state index contributed by atoms with van der Waals surface area (Å²) in [5.74, 6) is -0.348. The fourth-order valence-corrected chi connectivity index (χ4v) is 2.90. The minimum absolute atomic E-state index is 0.0278. The molecule has 0 aliphatic carbocycles. The standard InChI is InChI=1S/C15H21BrN2O3/c1-20-14(19)11-21-15(6-2-8-17-9-3-7-15)12-4-5-13(16)18-10-12/h4-5,10,17H,2-3,6-9,11H2,1H3. The first-order valence-electron chi connectivity index (χ1n) is 7.20. The molecule has 1 aliphatic heterocycles. The van der Waals surface area contributed by atoms with Gasteiger partial charge in [-0.05, 0) is 60.8 Å². The van der Waals surface area contributed by atoms with Crippen LogP contribution in [-0.2, 0) is 19.9 Å². The van der Waals surface area contributed by atoms with Gasteiger partial charge in [-0.25, -0.2) is 9.78 Å². The molecule has 1 saturated heterocycles. The van der Waals surface area contributed by atoms with Gasteiger partial charge in [-0.1, -0.05) is 6.07 Å². The van der Waals surface area contributed by atoms with Gasteiger partial charge < -0.3 is 14.8 Å². The molecule has 2 heterocycles. The zero-order valence-electron chi connectivity index (χ0n) is 12.2. The van der Waals surface area contributed by atoms with Crippen LogP contribution in [0, 0.1) is 0 Å². The lowest BCUT2D eigenvalue weighted by Gasteiger charge is -2.35. The Bertz CT molecular complexity index is 456. The number of rotatable bonds is 4. The summed E-state index contributed by atoms with van der Waals surface area (Å²) in [6, 6.07) is 3.93. The predicted octanol–water partition coefficient (Wildman–Crippen LogP) is 2.39. The van der Waals surface area contributed by atoms with Crippen LogP contribution < -0.4 is 5.32 Å². The van der Waals surface area contributed by atoms with Gasteiger partial charge >= 0.3 is 5.97 Å².